The van der Waals surface area contributed by atoms with Gasteiger partial charge in [0.25, 0.3) is 0 Å². The Morgan fingerprint density at radius 1 is 1.24 bits per heavy atom. The van der Waals surface area contributed by atoms with Crippen LogP contribution in [0.5, 0.6) is 5.75 Å². The molecule has 1 aliphatic carbocycles. The van der Waals surface area contributed by atoms with Gasteiger partial charge in [-0.1, -0.05) is 25.1 Å². The highest BCUT2D eigenvalue weighted by molar-refractivity contribution is 7.99. The van der Waals surface area contributed by atoms with Crippen LogP contribution in [0.4, 0.5) is 0 Å². The molecule has 2 aromatic rings. The van der Waals surface area contributed by atoms with Crippen molar-refractivity contribution in [3.05, 3.63) is 54.4 Å². The first kappa shape index (κ1) is 16.9. The first-order chi connectivity index (χ1) is 12.3. The number of benzene rings is 1. The van der Waals surface area contributed by atoms with E-state index in [4.69, 9.17) is 4.74 Å². The predicted molar refractivity (Wildman–Crippen MR) is 103 cm³/mol. The highest BCUT2D eigenvalue weighted by atomic mass is 32.2. The summed E-state index contributed by atoms with van der Waals surface area (Å²) in [6, 6.07) is 13.4. The number of pyridine rings is 1. The van der Waals surface area contributed by atoms with Crippen molar-refractivity contribution < 1.29 is 4.74 Å². The molecule has 1 saturated carbocycles. The molecule has 0 amide bonds. The zero-order valence-corrected chi connectivity index (χ0v) is 15.5. The molecule has 0 radical (unpaired) electrons. The average molecular weight is 355 g/mol. The Balaban J connectivity index is 1.28. The maximum atomic E-state index is 5.91. The molecule has 0 spiro atoms. The number of aromatic nitrogens is 1. The molecular formula is C21H26N2OS. The first-order valence-corrected chi connectivity index (χ1v) is 10.3. The Morgan fingerprint density at radius 2 is 2.08 bits per heavy atom. The summed E-state index contributed by atoms with van der Waals surface area (Å²) in [4.78, 5) is 5.78. The van der Waals surface area contributed by atoms with Gasteiger partial charge >= 0.3 is 0 Å². The lowest BCUT2D eigenvalue weighted by atomic mass is 10.1. The maximum Gasteiger partial charge on any atom is 0.137 e. The molecule has 25 heavy (non-hydrogen) atoms. The van der Waals surface area contributed by atoms with Crippen LogP contribution < -0.4 is 10.1 Å². The molecule has 2 heterocycles. The molecule has 1 saturated heterocycles. The molecule has 4 unspecified atom stereocenters. The van der Waals surface area contributed by atoms with Gasteiger partial charge < -0.3 is 10.1 Å². The largest absolute Gasteiger partial charge is 0.490 e. The highest BCUT2D eigenvalue weighted by Crippen LogP contribution is 2.56. The van der Waals surface area contributed by atoms with Crippen LogP contribution in [0.2, 0.25) is 0 Å². The number of hydrogen-bond donors (Lipinski definition) is 1. The molecule has 132 valence electrons. The quantitative estimate of drug-likeness (QED) is 0.715. The molecule has 0 bridgehead atoms. The summed E-state index contributed by atoms with van der Waals surface area (Å²) in [5.41, 5.74) is 1.35. The smallest absolute Gasteiger partial charge is 0.137 e. The Bertz CT molecular complexity index is 689. The minimum absolute atomic E-state index is 0.520. The number of ether oxygens (including phenoxy) is 1. The molecule has 4 heteroatoms. The van der Waals surface area contributed by atoms with E-state index in [0.29, 0.717) is 12.0 Å². The van der Waals surface area contributed by atoms with Gasteiger partial charge in [0.1, 0.15) is 12.4 Å². The van der Waals surface area contributed by atoms with E-state index in [0.717, 1.165) is 30.7 Å². The summed E-state index contributed by atoms with van der Waals surface area (Å²) in [6.07, 6.45) is 6.35. The summed E-state index contributed by atoms with van der Waals surface area (Å²) in [5.74, 6) is 4.28. The number of nitrogens with one attached hydrogen (secondary N) is 1. The Kier molecular flexibility index (Phi) is 5.28. The van der Waals surface area contributed by atoms with E-state index in [1.165, 1.54) is 29.1 Å². The van der Waals surface area contributed by atoms with Crippen molar-refractivity contribution in [1.82, 2.24) is 10.3 Å². The fraction of sp³-hybridized carbons (Fsp3) is 0.476. The molecular weight excluding hydrogens is 328 g/mol. The van der Waals surface area contributed by atoms with Crippen molar-refractivity contribution in [3.63, 3.8) is 0 Å². The lowest BCUT2D eigenvalue weighted by Gasteiger charge is -2.27. The van der Waals surface area contributed by atoms with Crippen molar-refractivity contribution in [3.8, 4) is 5.75 Å². The van der Waals surface area contributed by atoms with Crippen LogP contribution in [-0.2, 0) is 0 Å². The van der Waals surface area contributed by atoms with Crippen LogP contribution in [0.25, 0.3) is 0 Å². The number of nitrogens with zero attached hydrogens (tertiary/aromatic N) is 1. The van der Waals surface area contributed by atoms with Gasteiger partial charge in [0.2, 0.25) is 0 Å². The van der Waals surface area contributed by atoms with Crippen LogP contribution >= 0.6 is 11.8 Å². The molecule has 2 fully saturated rings. The molecule has 2 aliphatic rings. The van der Waals surface area contributed by atoms with Crippen LogP contribution in [0.1, 0.15) is 31.2 Å². The van der Waals surface area contributed by atoms with Crippen molar-refractivity contribution in [2.75, 3.05) is 18.9 Å². The van der Waals surface area contributed by atoms with Gasteiger partial charge in [-0.25, -0.2) is 0 Å². The molecule has 3 nitrogen and oxygen atoms in total. The van der Waals surface area contributed by atoms with E-state index >= 15 is 0 Å². The molecule has 4 atom stereocenters. The standard InChI is InChI=1S/C21H26N2OS/c1-15-20(8-10-25-19-5-3-2-4-6-19)21(15)16-11-18(13-22-12-16)24-14-17-7-9-23-17/h2-6,11-13,15,17,20-21,23H,7-10,14H2,1H3. The van der Waals surface area contributed by atoms with Crippen LogP contribution in [0.3, 0.4) is 0 Å². The van der Waals surface area contributed by atoms with Gasteiger partial charge in [-0.15, -0.1) is 11.8 Å². The topological polar surface area (TPSA) is 34.1 Å². The van der Waals surface area contributed by atoms with E-state index in [2.05, 4.69) is 53.6 Å². The molecule has 1 aliphatic heterocycles. The lowest BCUT2D eigenvalue weighted by molar-refractivity contribution is 0.216. The Hall–Kier alpha value is -1.52. The van der Waals surface area contributed by atoms with Crippen molar-refractivity contribution in [1.29, 1.82) is 0 Å². The Labute approximate surface area is 154 Å². The first-order valence-electron chi connectivity index (χ1n) is 9.30. The molecule has 4 rings (SSSR count). The van der Waals surface area contributed by atoms with Crippen molar-refractivity contribution in [2.24, 2.45) is 11.8 Å². The van der Waals surface area contributed by atoms with Gasteiger partial charge in [0, 0.05) is 17.1 Å². The van der Waals surface area contributed by atoms with E-state index in [9.17, 15) is 0 Å². The van der Waals surface area contributed by atoms with Crippen LogP contribution in [-0.4, -0.2) is 29.9 Å². The van der Waals surface area contributed by atoms with Gasteiger partial charge in [-0.05, 0) is 66.7 Å². The third-order valence-electron chi connectivity index (χ3n) is 5.52. The van der Waals surface area contributed by atoms with E-state index in [1.54, 1.807) is 0 Å². The summed E-state index contributed by atoms with van der Waals surface area (Å²) in [6.45, 7) is 4.24. The predicted octanol–water partition coefficient (Wildman–Crippen LogP) is 4.35. The van der Waals surface area contributed by atoms with Crippen LogP contribution in [0, 0.1) is 11.8 Å². The second-order valence-electron chi connectivity index (χ2n) is 7.20. The Morgan fingerprint density at radius 3 is 2.84 bits per heavy atom. The maximum absolute atomic E-state index is 5.91. The van der Waals surface area contributed by atoms with E-state index in [-0.39, 0.29) is 0 Å². The normalized spacial score (nSPS) is 27.6. The lowest BCUT2D eigenvalue weighted by Crippen LogP contribution is -2.46. The number of hydrogen-bond acceptors (Lipinski definition) is 4. The molecule has 1 aromatic carbocycles. The third kappa shape index (κ3) is 4.18. The fourth-order valence-electron chi connectivity index (χ4n) is 3.75. The van der Waals surface area contributed by atoms with E-state index in [1.807, 2.05) is 24.2 Å². The van der Waals surface area contributed by atoms with Gasteiger partial charge in [-0.3, -0.25) is 4.98 Å². The number of rotatable bonds is 8. The summed E-state index contributed by atoms with van der Waals surface area (Å²) in [7, 11) is 0. The minimum atomic E-state index is 0.520. The summed E-state index contributed by atoms with van der Waals surface area (Å²) in [5, 5.41) is 3.37. The molecule has 1 aromatic heterocycles. The summed E-state index contributed by atoms with van der Waals surface area (Å²) < 4.78 is 5.91. The monoisotopic (exact) mass is 354 g/mol. The second kappa shape index (κ2) is 7.79. The fourth-order valence-corrected chi connectivity index (χ4v) is 4.73. The third-order valence-corrected chi connectivity index (χ3v) is 6.57. The average Bonchev–Trinajstić information content (AvgIpc) is 3.24. The number of thioether (sulfide) groups is 1. The zero-order chi connectivity index (χ0) is 17.1. The minimum Gasteiger partial charge on any atom is -0.490 e. The SMILES string of the molecule is CC1C(CCSc2ccccc2)C1c1cncc(OCC2CCN2)c1. The highest BCUT2D eigenvalue weighted by Gasteiger charge is 2.46. The van der Waals surface area contributed by atoms with E-state index < -0.39 is 0 Å². The molecule has 1 N–H and O–H groups in total. The van der Waals surface area contributed by atoms with Gasteiger partial charge in [0.05, 0.1) is 6.20 Å². The van der Waals surface area contributed by atoms with Gasteiger partial charge in [-0.2, -0.15) is 0 Å². The van der Waals surface area contributed by atoms with Gasteiger partial charge in [0.15, 0.2) is 0 Å². The summed E-state index contributed by atoms with van der Waals surface area (Å²) >= 11 is 1.96. The van der Waals surface area contributed by atoms with Crippen molar-refractivity contribution >= 4 is 11.8 Å². The zero-order valence-electron chi connectivity index (χ0n) is 14.7. The van der Waals surface area contributed by atoms with Crippen molar-refractivity contribution in [2.45, 2.75) is 36.6 Å². The second-order valence-corrected chi connectivity index (χ2v) is 8.37. The van der Waals surface area contributed by atoms with Crippen LogP contribution in [0.15, 0.2) is 53.7 Å².